The van der Waals surface area contributed by atoms with Crippen LogP contribution in [0, 0.1) is 42.2 Å². The smallest absolute Gasteiger partial charge is 0.157 e. The Labute approximate surface area is 793 Å². The van der Waals surface area contributed by atoms with E-state index in [-0.39, 0.29) is 108 Å². The molecule has 15 rings (SSSR count). The highest BCUT2D eigenvalue weighted by atomic mass is 127. The van der Waals surface area contributed by atoms with Gasteiger partial charge in [0, 0.05) is 36.3 Å². The topological polar surface area (TPSA) is 228 Å². The van der Waals surface area contributed by atoms with Crippen LogP contribution in [0.5, 0.6) is 63.2 Å². The standard InChI is InChI=1S/C18H19I2NO2.C18H21NO4.C18H21NO2.C17H17I2NO2.C17H17I2NO.BrH.4ClH/c1-10-12-5-6-21-16(13(12)3-4-17(10)22)9-11-7-14(19)18(23-2)15(20)8-11;1-22-13-5-11(6-14(9-13)23-2)7-16-15-10-18(21)17(20)8-12(15)3-4-19-16;1-11-5-12(2)7-13(6-11)8-16-15-10-18(21)17(20)9-14(15)3-4-19-16;1-22-17-14(18)6-10(7-15(17)19)8-16-13-3-2-12(21)9-11(13)4-5-20-16;1-21-17-14(18)8-11(9-15(17)19)10-16-13-5-3-2-4-12(13)6-7-20-16;;;;;/h3-4,7-8,16,21-22H,5-6,9H2,1-2H3;5-6,8-10,16,19-21H,3-4,7H2,1-2H3;5-7,9-10,16,19-21H,3-4,8H2,1-2H3;2-3,6-7,9,16,20-21H,4-5,8H2,1H3;2-5,8-9,16,20H,6-7,10H2,1H3;5*1H. The van der Waals surface area contributed by atoms with Crippen molar-refractivity contribution in [3.05, 3.63) is 273 Å². The summed E-state index contributed by atoms with van der Waals surface area (Å²) >= 11 is 14.0. The van der Waals surface area contributed by atoms with E-state index in [1.54, 1.807) is 65.9 Å². The van der Waals surface area contributed by atoms with E-state index in [0.717, 1.165) is 173 Å². The fourth-order valence-corrected chi connectivity index (χ4v) is 22.5. The lowest BCUT2D eigenvalue weighted by molar-refractivity contribution is 0.391. The van der Waals surface area contributed by atoms with E-state index in [1.807, 2.05) is 43.3 Å². The molecule has 0 aromatic heterocycles. The van der Waals surface area contributed by atoms with Gasteiger partial charge in [0.05, 0.1) is 57.0 Å². The van der Waals surface area contributed by atoms with Crippen LogP contribution in [0.15, 0.2) is 152 Å². The van der Waals surface area contributed by atoms with Crippen molar-refractivity contribution >= 4 is 202 Å². The lowest BCUT2D eigenvalue weighted by Crippen LogP contribution is -2.31. The molecule has 115 heavy (non-hydrogen) atoms. The average molecular weight is 2390 g/mol. The zero-order chi connectivity index (χ0) is 78.4. The van der Waals surface area contributed by atoms with E-state index in [4.69, 9.17) is 23.7 Å². The molecule has 5 aliphatic rings. The Balaban J connectivity index is 0.000000221. The number of halogens is 11. The van der Waals surface area contributed by atoms with Gasteiger partial charge in [-0.05, 0) is 433 Å². The molecule has 5 aliphatic heterocycles. The summed E-state index contributed by atoms with van der Waals surface area (Å²) in [5.41, 5.74) is 22.3. The Bertz CT molecular complexity index is 4830. The number of rotatable bonds is 15. The highest BCUT2D eigenvalue weighted by molar-refractivity contribution is 14.1. The number of aryl methyl sites for hydroxylation is 2. The van der Waals surface area contributed by atoms with Crippen LogP contribution in [0.4, 0.5) is 0 Å². The van der Waals surface area contributed by atoms with Crippen LogP contribution in [-0.2, 0) is 64.2 Å². The summed E-state index contributed by atoms with van der Waals surface area (Å²) in [6.07, 6.45) is 9.32. The minimum atomic E-state index is -0.0827. The molecular weight excluding hydrogens is 2290 g/mol. The normalized spacial score (nSPS) is 16.4. The summed E-state index contributed by atoms with van der Waals surface area (Å²) in [7, 11) is 8.43. The second-order valence-electron chi connectivity index (χ2n) is 28.2. The van der Waals surface area contributed by atoms with Crippen molar-refractivity contribution < 1.29 is 54.3 Å². The molecule has 0 fully saturated rings. The average Bonchev–Trinajstić information content (AvgIpc) is 0.790. The molecule has 10 aromatic carbocycles. The van der Waals surface area contributed by atoms with Gasteiger partial charge >= 0.3 is 0 Å². The van der Waals surface area contributed by atoms with Gasteiger partial charge in [-0.15, -0.1) is 66.6 Å². The quantitative estimate of drug-likeness (QED) is 0.0339. The first-order chi connectivity index (χ1) is 52.9. The van der Waals surface area contributed by atoms with Gasteiger partial charge < -0.3 is 80.9 Å². The molecule has 11 N–H and O–H groups in total. The molecular formula is C88H100BrCl4I6N5O11. The highest BCUT2D eigenvalue weighted by Crippen LogP contribution is 2.41. The Hall–Kier alpha value is -4.18. The predicted octanol–water partition coefficient (Wildman–Crippen LogP) is 20.7. The third kappa shape index (κ3) is 26.2. The molecule has 10 aromatic rings. The van der Waals surface area contributed by atoms with E-state index in [2.05, 4.69) is 261 Å². The van der Waals surface area contributed by atoms with E-state index < -0.39 is 0 Å². The summed E-state index contributed by atoms with van der Waals surface area (Å²) in [6.45, 7) is 10.9. The summed E-state index contributed by atoms with van der Waals surface area (Å²) < 4.78 is 33.9. The first kappa shape index (κ1) is 99.6. The maximum Gasteiger partial charge on any atom is 0.157 e. The zero-order valence-corrected chi connectivity index (χ0v) is 82.9. The largest absolute Gasteiger partial charge is 0.508 e. The molecule has 0 saturated heterocycles. The summed E-state index contributed by atoms with van der Waals surface area (Å²) in [4.78, 5) is 0. The molecule has 0 saturated carbocycles. The first-order valence-corrected chi connectivity index (χ1v) is 43.2. The molecule has 0 aliphatic carbocycles. The third-order valence-corrected chi connectivity index (χ3v) is 25.5. The molecule has 0 amide bonds. The Morgan fingerprint density at radius 1 is 0.313 bits per heavy atom. The summed E-state index contributed by atoms with van der Waals surface area (Å²) in [6, 6.07) is 52.0. The molecule has 27 heteroatoms. The first-order valence-electron chi connectivity index (χ1n) is 36.7. The van der Waals surface area contributed by atoms with E-state index in [9.17, 15) is 30.6 Å². The van der Waals surface area contributed by atoms with Crippen LogP contribution < -0.4 is 50.3 Å². The van der Waals surface area contributed by atoms with Gasteiger partial charge in [0.1, 0.15) is 40.2 Å². The van der Waals surface area contributed by atoms with Crippen molar-refractivity contribution in [2.75, 3.05) is 68.3 Å². The van der Waals surface area contributed by atoms with Crippen LogP contribution in [0.3, 0.4) is 0 Å². The van der Waals surface area contributed by atoms with Gasteiger partial charge in [-0.3, -0.25) is 0 Å². The zero-order valence-electron chi connectivity index (χ0n) is 65.0. The van der Waals surface area contributed by atoms with Crippen molar-refractivity contribution in [1.29, 1.82) is 0 Å². The maximum atomic E-state index is 9.95. The number of fused-ring (bicyclic) bond motifs is 5. The molecule has 0 bridgehead atoms. The number of methoxy groups -OCH3 is 5. The minimum Gasteiger partial charge on any atom is -0.508 e. The third-order valence-electron chi connectivity index (χ3n) is 20.7. The van der Waals surface area contributed by atoms with Gasteiger partial charge in [-0.2, -0.15) is 0 Å². The van der Waals surface area contributed by atoms with Crippen molar-refractivity contribution in [2.24, 2.45) is 0 Å². The molecule has 0 radical (unpaired) electrons. The fraction of sp³-hybridized carbons (Fsp3) is 0.318. The van der Waals surface area contributed by atoms with Crippen molar-refractivity contribution in [2.45, 2.75) is 115 Å². The Morgan fingerprint density at radius 3 is 1.03 bits per heavy atom. The summed E-state index contributed by atoms with van der Waals surface area (Å²) in [5, 5.41) is 76.4. The molecule has 5 atom stereocenters. The van der Waals surface area contributed by atoms with Gasteiger partial charge in [0.25, 0.3) is 0 Å². The lowest BCUT2D eigenvalue weighted by atomic mass is 9.87. The Morgan fingerprint density at radius 2 is 0.635 bits per heavy atom. The number of nitrogens with one attached hydrogen (secondary N) is 5. The van der Waals surface area contributed by atoms with Crippen molar-refractivity contribution in [3.8, 4) is 63.2 Å². The van der Waals surface area contributed by atoms with Crippen LogP contribution >= 0.6 is 202 Å². The number of aromatic hydroxyl groups is 6. The molecule has 5 heterocycles. The van der Waals surface area contributed by atoms with Crippen molar-refractivity contribution in [1.82, 2.24) is 26.6 Å². The van der Waals surface area contributed by atoms with Gasteiger partial charge in [0.2, 0.25) is 0 Å². The van der Waals surface area contributed by atoms with Crippen LogP contribution in [0.25, 0.3) is 0 Å². The minimum absolute atomic E-state index is 0. The molecule has 620 valence electrons. The summed E-state index contributed by atoms with van der Waals surface area (Å²) in [5.74, 6) is 4.94. The van der Waals surface area contributed by atoms with Gasteiger partial charge in [0.15, 0.2) is 23.0 Å². The highest BCUT2D eigenvalue weighted by Gasteiger charge is 2.28. The number of ether oxygens (including phenoxy) is 5. The molecule has 5 unspecified atom stereocenters. The van der Waals surface area contributed by atoms with E-state index in [1.165, 1.54) is 73.9 Å². The predicted molar refractivity (Wildman–Crippen MR) is 528 cm³/mol. The Kier molecular flexibility index (Phi) is 41.0. The maximum absolute atomic E-state index is 9.95. The van der Waals surface area contributed by atoms with Crippen LogP contribution in [0.2, 0.25) is 0 Å². The van der Waals surface area contributed by atoms with Crippen molar-refractivity contribution in [3.63, 3.8) is 0 Å². The SMILES string of the molecule is Br.COc1c(I)cc(CC2NCCc3c2ccc(O)c3C)cc1I.COc1c(I)cc(CC2NCCc3cc(O)ccc32)cc1I.COc1c(I)cc(CC2NCCc3ccccc32)cc1I.COc1cc(CC2NCCc3cc(O)c(O)cc32)cc(OC)c1.Cc1cc(C)cc(CC2NCCc3cc(O)c(O)cc32)c1.Cl.Cl.Cl.Cl. The number of phenolic OH excluding ortho intramolecular Hbond substituents is 6. The lowest BCUT2D eigenvalue weighted by Gasteiger charge is -2.29. The van der Waals surface area contributed by atoms with E-state index >= 15 is 0 Å². The second-order valence-corrected chi connectivity index (χ2v) is 35.2. The van der Waals surface area contributed by atoms with Gasteiger partial charge in [-0.25, -0.2) is 0 Å². The number of hydrogen-bond acceptors (Lipinski definition) is 16. The van der Waals surface area contributed by atoms with Crippen LogP contribution in [-0.4, -0.2) is 98.9 Å². The fourth-order valence-electron chi connectivity index (χ4n) is 15.5. The van der Waals surface area contributed by atoms with Gasteiger partial charge in [-0.1, -0.05) is 65.7 Å². The number of hydrogen-bond donors (Lipinski definition) is 11. The van der Waals surface area contributed by atoms with Crippen LogP contribution in [0.1, 0.15) is 130 Å². The monoisotopic (exact) mass is 2380 g/mol. The number of benzene rings is 10. The number of phenols is 6. The molecule has 0 spiro atoms. The van der Waals surface area contributed by atoms with E-state index in [0.29, 0.717) is 23.6 Å². The second kappa shape index (κ2) is 47.3. The molecule has 16 nitrogen and oxygen atoms in total.